The number of carbonyl (C=O) groups is 1. The van der Waals surface area contributed by atoms with Crippen molar-refractivity contribution in [2.24, 2.45) is 5.73 Å². The number of aromatic hydroxyl groups is 1. The van der Waals surface area contributed by atoms with Crippen LogP contribution in [0.5, 0.6) is 5.75 Å². The number of hydrogen-bond donors (Lipinski definition) is 2. The Morgan fingerprint density at radius 2 is 2.14 bits per heavy atom. The first kappa shape index (κ1) is 10.5. The van der Waals surface area contributed by atoms with Gasteiger partial charge >= 0.3 is 0 Å². The summed E-state index contributed by atoms with van der Waals surface area (Å²) in [6.07, 6.45) is 0. The van der Waals surface area contributed by atoms with Crippen LogP contribution in [0, 0.1) is 0 Å². The van der Waals surface area contributed by atoms with Crippen LogP contribution in [0.15, 0.2) is 18.2 Å². The number of rotatable bonds is 2. The highest BCUT2D eigenvalue weighted by Gasteiger charge is 2.14. The minimum Gasteiger partial charge on any atom is -0.507 e. The smallest absolute Gasteiger partial charge is 0.257 e. The van der Waals surface area contributed by atoms with Crippen molar-refractivity contribution in [3.05, 3.63) is 29.3 Å². The zero-order chi connectivity index (χ0) is 10.7. The Labute approximate surface area is 82.9 Å². The second-order valence-corrected chi connectivity index (χ2v) is 3.22. The maximum atomic E-state index is 11.6. The van der Waals surface area contributed by atoms with Gasteiger partial charge in [0, 0.05) is 26.2 Å². The summed E-state index contributed by atoms with van der Waals surface area (Å²) in [7, 11) is 3.27. The van der Waals surface area contributed by atoms with Gasteiger partial charge in [-0.25, -0.2) is 0 Å². The molecular formula is C10H14N2O2. The van der Waals surface area contributed by atoms with E-state index in [1.54, 1.807) is 32.3 Å². The highest BCUT2D eigenvalue weighted by atomic mass is 16.3. The minimum atomic E-state index is -0.224. The molecule has 1 aromatic rings. The third kappa shape index (κ3) is 1.85. The van der Waals surface area contributed by atoms with Crippen LogP contribution in [-0.4, -0.2) is 30.0 Å². The van der Waals surface area contributed by atoms with E-state index in [2.05, 4.69) is 0 Å². The highest BCUT2D eigenvalue weighted by Crippen LogP contribution is 2.22. The van der Waals surface area contributed by atoms with Crippen molar-refractivity contribution in [3.8, 4) is 5.75 Å². The number of benzene rings is 1. The Morgan fingerprint density at radius 1 is 1.50 bits per heavy atom. The van der Waals surface area contributed by atoms with E-state index in [0.717, 1.165) is 0 Å². The van der Waals surface area contributed by atoms with Crippen molar-refractivity contribution in [2.75, 3.05) is 14.1 Å². The molecule has 0 aliphatic carbocycles. The standard InChI is InChI=1S/C10H14N2O2/c1-12(2)10(14)8-5-3-4-7(6-11)9(8)13/h3-5,13H,6,11H2,1-2H3. The van der Waals surface area contributed by atoms with Gasteiger partial charge in [-0.05, 0) is 6.07 Å². The predicted molar refractivity (Wildman–Crippen MR) is 54.0 cm³/mol. The molecule has 0 fully saturated rings. The molecule has 0 unspecified atom stereocenters. The van der Waals surface area contributed by atoms with Crippen molar-refractivity contribution in [1.82, 2.24) is 4.90 Å². The molecule has 1 rings (SSSR count). The Kier molecular flexibility index (Phi) is 3.09. The lowest BCUT2D eigenvalue weighted by atomic mass is 10.1. The number of nitrogens with zero attached hydrogens (tertiary/aromatic N) is 1. The summed E-state index contributed by atoms with van der Waals surface area (Å²) in [5.74, 6) is -0.244. The monoisotopic (exact) mass is 194 g/mol. The van der Waals surface area contributed by atoms with E-state index in [1.165, 1.54) is 4.90 Å². The highest BCUT2D eigenvalue weighted by molar-refractivity contribution is 5.96. The summed E-state index contributed by atoms with van der Waals surface area (Å²) in [5.41, 5.74) is 6.28. The predicted octanol–water partition coefficient (Wildman–Crippen LogP) is 0.553. The van der Waals surface area contributed by atoms with Crippen molar-refractivity contribution in [2.45, 2.75) is 6.54 Å². The maximum absolute atomic E-state index is 11.6. The first-order valence-electron chi connectivity index (χ1n) is 4.30. The molecule has 0 aliphatic rings. The fraction of sp³-hybridized carbons (Fsp3) is 0.300. The molecule has 0 aliphatic heterocycles. The first-order chi connectivity index (χ1) is 6.57. The molecule has 0 aromatic heterocycles. The number of para-hydroxylation sites is 1. The van der Waals surface area contributed by atoms with Gasteiger partial charge in [-0.1, -0.05) is 12.1 Å². The van der Waals surface area contributed by atoms with Gasteiger partial charge in [-0.2, -0.15) is 0 Å². The molecule has 76 valence electrons. The summed E-state index contributed by atoms with van der Waals surface area (Å²) in [6, 6.07) is 4.98. The molecule has 0 heterocycles. The summed E-state index contributed by atoms with van der Waals surface area (Å²) >= 11 is 0. The van der Waals surface area contributed by atoms with Crippen LogP contribution >= 0.6 is 0 Å². The number of nitrogens with two attached hydrogens (primary N) is 1. The molecule has 4 heteroatoms. The quantitative estimate of drug-likeness (QED) is 0.722. The molecule has 4 nitrogen and oxygen atoms in total. The van der Waals surface area contributed by atoms with Crippen molar-refractivity contribution >= 4 is 5.91 Å². The van der Waals surface area contributed by atoms with Gasteiger partial charge in [-0.3, -0.25) is 4.79 Å². The van der Waals surface area contributed by atoms with Gasteiger partial charge < -0.3 is 15.7 Å². The molecular weight excluding hydrogens is 180 g/mol. The SMILES string of the molecule is CN(C)C(=O)c1cccc(CN)c1O. The molecule has 14 heavy (non-hydrogen) atoms. The van der Waals surface area contributed by atoms with Crippen LogP contribution in [0.3, 0.4) is 0 Å². The average Bonchev–Trinajstić information content (AvgIpc) is 2.17. The Morgan fingerprint density at radius 3 is 2.64 bits per heavy atom. The average molecular weight is 194 g/mol. The van der Waals surface area contributed by atoms with Gasteiger partial charge in [-0.15, -0.1) is 0 Å². The van der Waals surface area contributed by atoms with E-state index in [1.807, 2.05) is 0 Å². The summed E-state index contributed by atoms with van der Waals surface area (Å²) in [6.45, 7) is 0.223. The second-order valence-electron chi connectivity index (χ2n) is 3.22. The zero-order valence-corrected chi connectivity index (χ0v) is 8.32. The Bertz CT molecular complexity index is 348. The van der Waals surface area contributed by atoms with E-state index in [-0.39, 0.29) is 23.8 Å². The van der Waals surface area contributed by atoms with Crippen molar-refractivity contribution < 1.29 is 9.90 Å². The third-order valence-corrected chi connectivity index (χ3v) is 1.98. The lowest BCUT2D eigenvalue weighted by Gasteiger charge is -2.12. The number of hydrogen-bond acceptors (Lipinski definition) is 3. The molecule has 0 atom stereocenters. The van der Waals surface area contributed by atoms with Crippen molar-refractivity contribution in [1.29, 1.82) is 0 Å². The van der Waals surface area contributed by atoms with Gasteiger partial charge in [0.25, 0.3) is 5.91 Å². The van der Waals surface area contributed by atoms with E-state index in [9.17, 15) is 9.90 Å². The van der Waals surface area contributed by atoms with E-state index < -0.39 is 0 Å². The normalized spacial score (nSPS) is 9.93. The van der Waals surface area contributed by atoms with Crippen LogP contribution in [0.4, 0.5) is 0 Å². The van der Waals surface area contributed by atoms with Crippen molar-refractivity contribution in [3.63, 3.8) is 0 Å². The first-order valence-corrected chi connectivity index (χ1v) is 4.30. The van der Waals surface area contributed by atoms with Crippen LogP contribution in [-0.2, 0) is 6.54 Å². The maximum Gasteiger partial charge on any atom is 0.257 e. The molecule has 1 aromatic carbocycles. The second kappa shape index (κ2) is 4.11. The molecule has 0 radical (unpaired) electrons. The molecule has 1 amide bonds. The van der Waals surface area contributed by atoms with Crippen LogP contribution in [0.2, 0.25) is 0 Å². The lowest BCUT2D eigenvalue weighted by Crippen LogP contribution is -2.22. The molecule has 0 spiro atoms. The summed E-state index contributed by atoms with van der Waals surface area (Å²) in [4.78, 5) is 13.0. The van der Waals surface area contributed by atoms with Crippen LogP contribution in [0.1, 0.15) is 15.9 Å². The van der Waals surface area contributed by atoms with E-state index in [4.69, 9.17) is 5.73 Å². The Hall–Kier alpha value is -1.55. The summed E-state index contributed by atoms with van der Waals surface area (Å²) in [5, 5.41) is 9.68. The van der Waals surface area contributed by atoms with E-state index >= 15 is 0 Å². The fourth-order valence-corrected chi connectivity index (χ4v) is 1.17. The van der Waals surface area contributed by atoms with E-state index in [0.29, 0.717) is 5.56 Å². The number of phenols is 1. The zero-order valence-electron chi connectivity index (χ0n) is 8.32. The molecule has 0 saturated carbocycles. The third-order valence-electron chi connectivity index (χ3n) is 1.98. The topological polar surface area (TPSA) is 66.6 Å². The number of carbonyl (C=O) groups excluding carboxylic acids is 1. The van der Waals surface area contributed by atoms with Gasteiger partial charge in [0.1, 0.15) is 5.75 Å². The Balaban J connectivity index is 3.16. The fourth-order valence-electron chi connectivity index (χ4n) is 1.17. The molecule has 0 bridgehead atoms. The van der Waals surface area contributed by atoms with Crippen LogP contribution in [0.25, 0.3) is 0 Å². The van der Waals surface area contributed by atoms with Gasteiger partial charge in [0.05, 0.1) is 5.56 Å². The number of amides is 1. The van der Waals surface area contributed by atoms with Crippen LogP contribution < -0.4 is 5.73 Å². The molecule has 0 saturated heterocycles. The van der Waals surface area contributed by atoms with Gasteiger partial charge in [0.2, 0.25) is 0 Å². The lowest BCUT2D eigenvalue weighted by molar-refractivity contribution is 0.0824. The summed E-state index contributed by atoms with van der Waals surface area (Å²) < 4.78 is 0. The minimum absolute atomic E-state index is 0.0197. The largest absolute Gasteiger partial charge is 0.507 e. The molecule has 3 N–H and O–H groups in total. The van der Waals surface area contributed by atoms with Gasteiger partial charge in [0.15, 0.2) is 0 Å². The number of phenolic OH excluding ortho intramolecular Hbond substituents is 1.